The van der Waals surface area contributed by atoms with Crippen molar-refractivity contribution in [3.05, 3.63) is 71.8 Å². The fourth-order valence-corrected chi connectivity index (χ4v) is 2.05. The van der Waals surface area contributed by atoms with E-state index in [2.05, 4.69) is 5.32 Å². The number of aldehydes is 1. The number of carbonyl (C=O) groups excluding carboxylic acids is 1. The standard InChI is InChI=1S/C15H15NO/c1-16-15(12-17,13-8-4-2-5-9-13)14-10-6-3-7-11-14/h2-12,16H,1H3. The summed E-state index contributed by atoms with van der Waals surface area (Å²) in [4.78, 5) is 11.6. The topological polar surface area (TPSA) is 29.1 Å². The summed E-state index contributed by atoms with van der Waals surface area (Å²) >= 11 is 0. The minimum Gasteiger partial charge on any atom is -0.301 e. The minimum absolute atomic E-state index is 0.761. The number of nitrogens with one attached hydrogen (secondary N) is 1. The van der Waals surface area contributed by atoms with E-state index in [0.717, 1.165) is 17.4 Å². The van der Waals surface area contributed by atoms with Gasteiger partial charge in [-0.3, -0.25) is 0 Å². The Hall–Kier alpha value is -1.93. The van der Waals surface area contributed by atoms with E-state index in [4.69, 9.17) is 0 Å². The molecular weight excluding hydrogens is 210 g/mol. The molecule has 2 rings (SSSR count). The van der Waals surface area contributed by atoms with Gasteiger partial charge in [-0.1, -0.05) is 60.7 Å². The van der Waals surface area contributed by atoms with Crippen LogP contribution in [-0.2, 0) is 10.3 Å². The molecule has 0 fully saturated rings. The molecule has 2 aromatic rings. The third kappa shape index (κ3) is 1.99. The summed E-state index contributed by atoms with van der Waals surface area (Å²) in [5.74, 6) is 0. The largest absolute Gasteiger partial charge is 0.301 e. The minimum atomic E-state index is -0.761. The number of carbonyl (C=O) groups is 1. The average Bonchev–Trinajstić information content (AvgIpc) is 2.43. The van der Waals surface area contributed by atoms with Crippen molar-refractivity contribution in [1.82, 2.24) is 5.32 Å². The molecule has 0 aliphatic rings. The molecule has 0 amide bonds. The van der Waals surface area contributed by atoms with Crippen molar-refractivity contribution in [2.24, 2.45) is 0 Å². The Morgan fingerprint density at radius 2 is 1.29 bits per heavy atom. The first-order valence-corrected chi connectivity index (χ1v) is 5.60. The Bertz CT molecular complexity index is 439. The molecule has 1 N–H and O–H groups in total. The van der Waals surface area contributed by atoms with Gasteiger partial charge in [0.25, 0.3) is 0 Å². The second-order valence-electron chi connectivity index (χ2n) is 3.91. The molecule has 86 valence electrons. The van der Waals surface area contributed by atoms with E-state index in [1.807, 2.05) is 60.7 Å². The van der Waals surface area contributed by atoms with E-state index < -0.39 is 5.54 Å². The summed E-state index contributed by atoms with van der Waals surface area (Å²) < 4.78 is 0. The van der Waals surface area contributed by atoms with E-state index >= 15 is 0 Å². The van der Waals surface area contributed by atoms with Gasteiger partial charge in [-0.25, -0.2) is 0 Å². The van der Waals surface area contributed by atoms with Gasteiger partial charge in [-0.05, 0) is 18.2 Å². The van der Waals surface area contributed by atoms with E-state index in [0.29, 0.717) is 0 Å². The maximum absolute atomic E-state index is 11.6. The SMILES string of the molecule is CNC(C=O)(c1ccccc1)c1ccccc1. The summed E-state index contributed by atoms with van der Waals surface area (Å²) in [6.07, 6.45) is 0.956. The summed E-state index contributed by atoms with van der Waals surface area (Å²) in [6.45, 7) is 0. The van der Waals surface area contributed by atoms with Crippen molar-refractivity contribution in [3.63, 3.8) is 0 Å². The van der Waals surface area contributed by atoms with E-state index in [1.165, 1.54) is 0 Å². The number of hydrogen-bond acceptors (Lipinski definition) is 2. The first-order chi connectivity index (χ1) is 8.33. The van der Waals surface area contributed by atoms with Crippen LogP contribution >= 0.6 is 0 Å². The summed E-state index contributed by atoms with van der Waals surface area (Å²) in [5.41, 5.74) is 1.13. The van der Waals surface area contributed by atoms with E-state index in [9.17, 15) is 4.79 Å². The first kappa shape index (κ1) is 11.6. The first-order valence-electron chi connectivity index (χ1n) is 5.60. The van der Waals surface area contributed by atoms with Crippen molar-refractivity contribution >= 4 is 6.29 Å². The molecule has 0 aromatic heterocycles. The molecule has 0 saturated heterocycles. The Morgan fingerprint density at radius 3 is 1.59 bits per heavy atom. The maximum Gasteiger partial charge on any atom is 0.149 e. The molecule has 0 atom stereocenters. The van der Waals surface area contributed by atoms with Crippen molar-refractivity contribution in [1.29, 1.82) is 0 Å². The molecule has 2 nitrogen and oxygen atoms in total. The molecule has 2 aromatic carbocycles. The third-order valence-electron chi connectivity index (χ3n) is 3.03. The highest BCUT2D eigenvalue weighted by molar-refractivity contribution is 5.74. The van der Waals surface area contributed by atoms with Crippen molar-refractivity contribution in [2.45, 2.75) is 5.54 Å². The van der Waals surface area contributed by atoms with Gasteiger partial charge in [0, 0.05) is 0 Å². The quantitative estimate of drug-likeness (QED) is 0.809. The van der Waals surface area contributed by atoms with Crippen molar-refractivity contribution in [2.75, 3.05) is 7.05 Å². The molecule has 0 bridgehead atoms. The van der Waals surface area contributed by atoms with Crippen LogP contribution in [0.1, 0.15) is 11.1 Å². The van der Waals surface area contributed by atoms with Crippen LogP contribution < -0.4 is 5.32 Å². The van der Waals surface area contributed by atoms with E-state index in [1.54, 1.807) is 7.05 Å². The molecular formula is C15H15NO. The van der Waals surface area contributed by atoms with Crippen LogP contribution in [0.4, 0.5) is 0 Å². The molecule has 2 heteroatoms. The molecule has 0 aliphatic heterocycles. The van der Waals surface area contributed by atoms with E-state index in [-0.39, 0.29) is 0 Å². The van der Waals surface area contributed by atoms with Gasteiger partial charge in [0.15, 0.2) is 0 Å². The maximum atomic E-state index is 11.6. The van der Waals surface area contributed by atoms with Gasteiger partial charge in [0.1, 0.15) is 11.8 Å². The molecule has 0 radical (unpaired) electrons. The lowest BCUT2D eigenvalue weighted by Gasteiger charge is -2.28. The van der Waals surface area contributed by atoms with Crippen LogP contribution in [-0.4, -0.2) is 13.3 Å². The van der Waals surface area contributed by atoms with Crippen LogP contribution in [0, 0.1) is 0 Å². The highest BCUT2D eigenvalue weighted by Crippen LogP contribution is 2.26. The zero-order chi connectivity index (χ0) is 12.1. The predicted molar refractivity (Wildman–Crippen MR) is 68.8 cm³/mol. The monoisotopic (exact) mass is 225 g/mol. The smallest absolute Gasteiger partial charge is 0.149 e. The molecule has 0 aliphatic carbocycles. The number of benzene rings is 2. The van der Waals surface area contributed by atoms with Gasteiger partial charge < -0.3 is 10.1 Å². The number of hydrogen-bond donors (Lipinski definition) is 1. The Labute approximate surface area is 101 Å². The highest BCUT2D eigenvalue weighted by Gasteiger charge is 2.31. The zero-order valence-electron chi connectivity index (χ0n) is 9.76. The van der Waals surface area contributed by atoms with Crippen LogP contribution in [0.3, 0.4) is 0 Å². The lowest BCUT2D eigenvalue weighted by atomic mass is 9.84. The highest BCUT2D eigenvalue weighted by atomic mass is 16.1. The summed E-state index contributed by atoms with van der Waals surface area (Å²) in [7, 11) is 1.80. The van der Waals surface area contributed by atoms with Gasteiger partial charge in [-0.15, -0.1) is 0 Å². The lowest BCUT2D eigenvalue weighted by molar-refractivity contribution is -0.112. The Kier molecular flexibility index (Phi) is 3.35. The van der Waals surface area contributed by atoms with Gasteiger partial charge in [0.05, 0.1) is 0 Å². The Morgan fingerprint density at radius 1 is 0.882 bits per heavy atom. The summed E-state index contributed by atoms with van der Waals surface area (Å²) in [5, 5.41) is 3.13. The fraction of sp³-hybridized carbons (Fsp3) is 0.133. The zero-order valence-corrected chi connectivity index (χ0v) is 9.76. The normalized spacial score (nSPS) is 11.1. The fourth-order valence-electron chi connectivity index (χ4n) is 2.05. The molecule has 0 saturated carbocycles. The number of rotatable bonds is 4. The molecule has 0 unspecified atom stereocenters. The lowest BCUT2D eigenvalue weighted by Crippen LogP contribution is -2.42. The molecule has 0 heterocycles. The molecule has 0 spiro atoms. The second kappa shape index (κ2) is 4.93. The predicted octanol–water partition coefficient (Wildman–Crippen LogP) is 2.35. The van der Waals surface area contributed by atoms with Crippen molar-refractivity contribution in [3.8, 4) is 0 Å². The van der Waals surface area contributed by atoms with Crippen molar-refractivity contribution < 1.29 is 4.79 Å². The van der Waals surface area contributed by atoms with Gasteiger partial charge >= 0.3 is 0 Å². The molecule has 17 heavy (non-hydrogen) atoms. The van der Waals surface area contributed by atoms with Crippen LogP contribution in [0.15, 0.2) is 60.7 Å². The van der Waals surface area contributed by atoms with Crippen LogP contribution in [0.2, 0.25) is 0 Å². The summed E-state index contributed by atoms with van der Waals surface area (Å²) in [6, 6.07) is 19.5. The number of likely N-dealkylation sites (N-methyl/N-ethyl adjacent to an activating group) is 1. The van der Waals surface area contributed by atoms with Crippen LogP contribution in [0.25, 0.3) is 0 Å². The third-order valence-corrected chi connectivity index (χ3v) is 3.03. The van der Waals surface area contributed by atoms with Gasteiger partial charge in [-0.2, -0.15) is 0 Å². The average molecular weight is 225 g/mol. The second-order valence-corrected chi connectivity index (χ2v) is 3.91. The van der Waals surface area contributed by atoms with Crippen LogP contribution in [0.5, 0.6) is 0 Å². The van der Waals surface area contributed by atoms with Gasteiger partial charge in [0.2, 0.25) is 0 Å². The Balaban J connectivity index is 2.58.